The van der Waals surface area contributed by atoms with Gasteiger partial charge in [0.15, 0.2) is 0 Å². The predicted molar refractivity (Wildman–Crippen MR) is 144 cm³/mol. The van der Waals surface area contributed by atoms with Gasteiger partial charge in [0, 0.05) is 31.9 Å². The van der Waals surface area contributed by atoms with Crippen LogP contribution >= 0.6 is 0 Å². The minimum Gasteiger partial charge on any atom is -0.352 e. The number of benzene rings is 3. The zero-order valence-electron chi connectivity index (χ0n) is 20.5. The van der Waals surface area contributed by atoms with Crippen LogP contribution in [0.1, 0.15) is 18.5 Å². The number of hydrogen-bond acceptors (Lipinski definition) is 4. The number of aromatic nitrogens is 3. The molecule has 0 saturated carbocycles. The van der Waals surface area contributed by atoms with E-state index in [4.69, 9.17) is 0 Å². The molecular weight excluding hydrogens is 467 g/mol. The van der Waals surface area contributed by atoms with Crippen molar-refractivity contribution in [1.82, 2.24) is 25.2 Å². The minimum absolute atomic E-state index is 0.0619. The average Bonchev–Trinajstić information content (AvgIpc) is 3.38. The molecule has 2 N–H and O–H groups in total. The molecule has 1 aliphatic heterocycles. The SMILES string of the molecule is C[C@H](NC(=O)N1CCN(c2ncnc3[nH]c(-c4ccc(F)cc4)cc23)CC1)c1cccc2ccccc12. The molecule has 3 heterocycles. The zero-order valence-corrected chi connectivity index (χ0v) is 20.5. The van der Waals surface area contributed by atoms with Gasteiger partial charge < -0.3 is 20.1 Å². The number of halogens is 1. The van der Waals surface area contributed by atoms with E-state index >= 15 is 0 Å². The number of aromatic amines is 1. The van der Waals surface area contributed by atoms with Crippen molar-refractivity contribution in [3.63, 3.8) is 0 Å². The summed E-state index contributed by atoms with van der Waals surface area (Å²) >= 11 is 0. The van der Waals surface area contributed by atoms with Crippen LogP contribution in [0.15, 0.2) is 79.1 Å². The maximum absolute atomic E-state index is 13.3. The Balaban J connectivity index is 1.14. The van der Waals surface area contributed by atoms with Crippen LogP contribution in [0.4, 0.5) is 15.0 Å². The highest BCUT2D eigenvalue weighted by molar-refractivity contribution is 5.92. The summed E-state index contributed by atoms with van der Waals surface area (Å²) in [7, 11) is 0. The number of amides is 2. The molecule has 0 unspecified atom stereocenters. The predicted octanol–water partition coefficient (Wildman–Crippen LogP) is 5.51. The summed E-state index contributed by atoms with van der Waals surface area (Å²) < 4.78 is 13.3. The molecule has 5 aromatic rings. The van der Waals surface area contributed by atoms with Gasteiger partial charge >= 0.3 is 6.03 Å². The fourth-order valence-corrected chi connectivity index (χ4v) is 5.07. The number of H-pyrrole nitrogens is 1. The van der Waals surface area contributed by atoms with Crippen LogP contribution in [-0.4, -0.2) is 52.1 Å². The van der Waals surface area contributed by atoms with E-state index in [1.807, 2.05) is 36.1 Å². The molecule has 1 atom stereocenters. The van der Waals surface area contributed by atoms with Gasteiger partial charge in [-0.2, -0.15) is 0 Å². The van der Waals surface area contributed by atoms with E-state index in [-0.39, 0.29) is 17.9 Å². The minimum atomic E-state index is -0.270. The first-order chi connectivity index (χ1) is 18.1. The van der Waals surface area contributed by atoms with E-state index in [1.165, 1.54) is 17.5 Å². The van der Waals surface area contributed by atoms with Crippen molar-refractivity contribution in [3.8, 4) is 11.3 Å². The second-order valence-electron chi connectivity index (χ2n) is 9.36. The van der Waals surface area contributed by atoms with Crippen molar-refractivity contribution in [3.05, 3.63) is 90.5 Å². The molecule has 2 aromatic heterocycles. The molecule has 3 aromatic carbocycles. The maximum atomic E-state index is 13.3. The molecule has 1 fully saturated rings. The number of rotatable bonds is 4. The first kappa shape index (κ1) is 23.0. The number of nitrogens with one attached hydrogen (secondary N) is 2. The van der Waals surface area contributed by atoms with Crippen molar-refractivity contribution in [2.24, 2.45) is 0 Å². The van der Waals surface area contributed by atoms with Crippen molar-refractivity contribution < 1.29 is 9.18 Å². The van der Waals surface area contributed by atoms with Gasteiger partial charge in [0.25, 0.3) is 0 Å². The molecule has 0 spiro atoms. The molecule has 1 aliphatic rings. The Hall–Kier alpha value is -4.46. The number of hydrogen-bond donors (Lipinski definition) is 2. The molecule has 7 nitrogen and oxygen atoms in total. The standard InChI is InChI=1S/C29H27FN6O/c1-19(23-8-4-6-20-5-2-3-7-24(20)23)33-29(37)36-15-13-35(14-16-36)28-25-17-26(34-27(25)31-18-32-28)21-9-11-22(30)12-10-21/h2-12,17-19H,13-16H2,1H3,(H,33,37)(H,31,32,34)/t19-/m0/s1. The van der Waals surface area contributed by atoms with Crippen molar-refractivity contribution in [2.75, 3.05) is 31.1 Å². The second kappa shape index (κ2) is 9.54. The summed E-state index contributed by atoms with van der Waals surface area (Å²) in [6, 6.07) is 22.6. The molecule has 0 radical (unpaired) electrons. The van der Waals surface area contributed by atoms with Gasteiger partial charge in [-0.25, -0.2) is 19.2 Å². The quantitative estimate of drug-likeness (QED) is 0.345. The fourth-order valence-electron chi connectivity index (χ4n) is 5.07. The Kier molecular flexibility index (Phi) is 5.92. The van der Waals surface area contributed by atoms with E-state index in [9.17, 15) is 9.18 Å². The highest BCUT2D eigenvalue weighted by Crippen LogP contribution is 2.29. The lowest BCUT2D eigenvalue weighted by Crippen LogP contribution is -2.52. The number of fused-ring (bicyclic) bond motifs is 2. The van der Waals surface area contributed by atoms with E-state index in [0.717, 1.165) is 39.1 Å². The number of piperazine rings is 1. The van der Waals surface area contributed by atoms with E-state index in [0.29, 0.717) is 26.2 Å². The van der Waals surface area contributed by atoms with Crippen molar-refractivity contribution >= 4 is 33.7 Å². The summed E-state index contributed by atoms with van der Waals surface area (Å²) in [4.78, 5) is 29.4. The maximum Gasteiger partial charge on any atom is 0.317 e. The Morgan fingerprint density at radius 2 is 1.70 bits per heavy atom. The fraction of sp³-hybridized carbons (Fsp3) is 0.207. The van der Waals surface area contributed by atoms with Crippen LogP contribution in [0.2, 0.25) is 0 Å². The number of anilines is 1. The number of carbonyl (C=O) groups excluding carboxylic acids is 1. The summed E-state index contributed by atoms with van der Waals surface area (Å²) in [5.74, 6) is 0.563. The third-order valence-electron chi connectivity index (χ3n) is 7.06. The Morgan fingerprint density at radius 3 is 2.51 bits per heavy atom. The molecule has 2 amide bonds. The summed E-state index contributed by atoms with van der Waals surface area (Å²) in [6.45, 7) is 4.54. The highest BCUT2D eigenvalue weighted by atomic mass is 19.1. The van der Waals surface area contributed by atoms with Crippen molar-refractivity contribution in [2.45, 2.75) is 13.0 Å². The molecule has 37 heavy (non-hydrogen) atoms. The van der Waals surface area contributed by atoms with Crippen LogP contribution in [0, 0.1) is 5.82 Å². The van der Waals surface area contributed by atoms with Gasteiger partial charge in [0.2, 0.25) is 0 Å². The molecule has 6 rings (SSSR count). The van der Waals surface area contributed by atoms with Gasteiger partial charge in [-0.1, -0.05) is 42.5 Å². The Morgan fingerprint density at radius 1 is 0.946 bits per heavy atom. The highest BCUT2D eigenvalue weighted by Gasteiger charge is 2.25. The summed E-state index contributed by atoms with van der Waals surface area (Å²) in [5.41, 5.74) is 3.58. The second-order valence-corrected chi connectivity index (χ2v) is 9.36. The first-order valence-corrected chi connectivity index (χ1v) is 12.4. The lowest BCUT2D eigenvalue weighted by molar-refractivity contribution is 0.191. The average molecular weight is 495 g/mol. The lowest BCUT2D eigenvalue weighted by atomic mass is 10.00. The largest absolute Gasteiger partial charge is 0.352 e. The lowest BCUT2D eigenvalue weighted by Gasteiger charge is -2.36. The molecule has 0 bridgehead atoms. The van der Waals surface area contributed by atoms with E-state index in [2.05, 4.69) is 49.4 Å². The van der Waals surface area contributed by atoms with E-state index < -0.39 is 0 Å². The monoisotopic (exact) mass is 494 g/mol. The third-order valence-corrected chi connectivity index (χ3v) is 7.06. The molecular formula is C29H27FN6O. The number of nitrogens with zero attached hydrogens (tertiary/aromatic N) is 4. The summed E-state index contributed by atoms with van der Waals surface area (Å²) in [6.07, 6.45) is 1.55. The van der Waals surface area contributed by atoms with Crippen molar-refractivity contribution in [1.29, 1.82) is 0 Å². The van der Waals surface area contributed by atoms with Gasteiger partial charge in [-0.3, -0.25) is 0 Å². The number of carbonyl (C=O) groups is 1. The van der Waals surface area contributed by atoms with Gasteiger partial charge in [0.1, 0.15) is 23.6 Å². The Bertz CT molecular complexity index is 1570. The number of urea groups is 1. The summed E-state index contributed by atoms with van der Waals surface area (Å²) in [5, 5.41) is 6.41. The molecule has 0 aliphatic carbocycles. The topological polar surface area (TPSA) is 77.2 Å². The molecule has 8 heteroatoms. The van der Waals surface area contributed by atoms with E-state index in [1.54, 1.807) is 18.5 Å². The van der Waals surface area contributed by atoms with Gasteiger partial charge in [-0.05, 0) is 59.2 Å². The molecule has 1 saturated heterocycles. The van der Waals surface area contributed by atoms with Gasteiger partial charge in [-0.15, -0.1) is 0 Å². The first-order valence-electron chi connectivity index (χ1n) is 12.4. The van der Waals surface area contributed by atoms with Crippen LogP contribution in [-0.2, 0) is 0 Å². The van der Waals surface area contributed by atoms with Crippen LogP contribution in [0.5, 0.6) is 0 Å². The third kappa shape index (κ3) is 4.46. The Labute approximate surface area is 214 Å². The zero-order chi connectivity index (χ0) is 25.4. The smallest absolute Gasteiger partial charge is 0.317 e. The normalized spacial score (nSPS) is 14.8. The van der Waals surface area contributed by atoms with Crippen LogP contribution < -0.4 is 10.2 Å². The van der Waals surface area contributed by atoms with Gasteiger partial charge in [0.05, 0.1) is 11.4 Å². The van der Waals surface area contributed by atoms with Crippen LogP contribution in [0.25, 0.3) is 33.1 Å². The van der Waals surface area contributed by atoms with Crippen LogP contribution in [0.3, 0.4) is 0 Å². The molecule has 186 valence electrons.